The molecule has 2 N–H and O–H groups in total. The van der Waals surface area contributed by atoms with Gasteiger partial charge in [0.1, 0.15) is 5.76 Å². The van der Waals surface area contributed by atoms with E-state index < -0.39 is 17.8 Å². The number of hydrogen-bond donors (Lipinski definition) is 2. The van der Waals surface area contributed by atoms with E-state index >= 15 is 0 Å². The van der Waals surface area contributed by atoms with Gasteiger partial charge in [-0.05, 0) is 30.3 Å². The van der Waals surface area contributed by atoms with Gasteiger partial charge in [-0.3, -0.25) is 4.68 Å². The maximum Gasteiger partial charge on any atom is 0.416 e. The Morgan fingerprint density at radius 1 is 1.23 bits per heavy atom. The van der Waals surface area contributed by atoms with Gasteiger partial charge in [0, 0.05) is 18.4 Å². The number of aromatic nitrogens is 2. The molecule has 0 atom stereocenters. The number of furan rings is 1. The average molecular weight is 364 g/mol. The molecule has 0 unspecified atom stereocenters. The zero-order valence-corrected chi connectivity index (χ0v) is 13.5. The highest BCUT2D eigenvalue weighted by Gasteiger charge is 2.30. The summed E-state index contributed by atoms with van der Waals surface area (Å²) >= 11 is 0. The lowest BCUT2D eigenvalue weighted by atomic mass is 10.2. The van der Waals surface area contributed by atoms with Gasteiger partial charge in [-0.2, -0.15) is 18.3 Å². The number of amides is 2. The standard InChI is InChI=1S/C17H15F3N4O2/c18-17(19,20)13-3-1-4-14(9-13)23-16(25)21-6-7-24-11-12(10-22-24)15-5-2-8-26-15/h1-5,8-11H,6-7H2,(H2,21,23,25). The van der Waals surface area contributed by atoms with E-state index in [2.05, 4.69) is 15.7 Å². The number of halogens is 3. The Kier molecular flexibility index (Phi) is 4.97. The van der Waals surface area contributed by atoms with Gasteiger partial charge in [0.05, 0.1) is 30.1 Å². The number of alkyl halides is 3. The van der Waals surface area contributed by atoms with Crippen LogP contribution in [0.5, 0.6) is 0 Å². The van der Waals surface area contributed by atoms with Crippen LogP contribution in [0.2, 0.25) is 0 Å². The summed E-state index contributed by atoms with van der Waals surface area (Å²) < 4.78 is 44.9. The highest BCUT2D eigenvalue weighted by atomic mass is 19.4. The van der Waals surface area contributed by atoms with Crippen molar-refractivity contribution in [2.24, 2.45) is 0 Å². The van der Waals surface area contributed by atoms with Crippen molar-refractivity contribution in [2.45, 2.75) is 12.7 Å². The molecule has 6 nitrogen and oxygen atoms in total. The van der Waals surface area contributed by atoms with Crippen LogP contribution in [0.3, 0.4) is 0 Å². The Morgan fingerprint density at radius 3 is 2.81 bits per heavy atom. The largest absolute Gasteiger partial charge is 0.464 e. The summed E-state index contributed by atoms with van der Waals surface area (Å²) in [6.45, 7) is 0.654. The third-order valence-electron chi connectivity index (χ3n) is 3.51. The normalized spacial score (nSPS) is 11.3. The molecule has 2 aromatic heterocycles. The van der Waals surface area contributed by atoms with Crippen LogP contribution >= 0.6 is 0 Å². The van der Waals surface area contributed by atoms with Gasteiger partial charge in [-0.15, -0.1) is 0 Å². The first-order chi connectivity index (χ1) is 12.4. The SMILES string of the molecule is O=C(NCCn1cc(-c2ccco2)cn1)Nc1cccc(C(F)(F)F)c1. The molecule has 0 saturated heterocycles. The number of hydrogen-bond acceptors (Lipinski definition) is 3. The predicted octanol–water partition coefficient (Wildman–Crippen LogP) is 3.98. The number of urea groups is 1. The fraction of sp³-hybridized carbons (Fsp3) is 0.176. The monoisotopic (exact) mass is 364 g/mol. The van der Waals surface area contributed by atoms with Gasteiger partial charge in [-0.1, -0.05) is 6.07 Å². The molecule has 136 valence electrons. The molecular formula is C17H15F3N4O2. The van der Waals surface area contributed by atoms with Gasteiger partial charge in [-0.25, -0.2) is 4.79 Å². The Labute approximate surface area is 146 Å². The minimum Gasteiger partial charge on any atom is -0.464 e. The van der Waals surface area contributed by atoms with Crippen molar-refractivity contribution in [3.63, 3.8) is 0 Å². The van der Waals surface area contributed by atoms with Crippen LogP contribution in [0.1, 0.15) is 5.56 Å². The molecule has 0 aliphatic carbocycles. The molecule has 1 aromatic carbocycles. The van der Waals surface area contributed by atoms with Crippen molar-refractivity contribution >= 4 is 11.7 Å². The van der Waals surface area contributed by atoms with E-state index in [1.807, 2.05) is 6.07 Å². The van der Waals surface area contributed by atoms with Crippen LogP contribution in [-0.4, -0.2) is 22.4 Å². The van der Waals surface area contributed by atoms with Crippen LogP contribution in [0.4, 0.5) is 23.7 Å². The summed E-state index contributed by atoms with van der Waals surface area (Å²) in [5.41, 5.74) is 0.0530. The van der Waals surface area contributed by atoms with Crippen LogP contribution in [0.15, 0.2) is 59.5 Å². The molecule has 0 bridgehead atoms. The molecule has 2 heterocycles. The van der Waals surface area contributed by atoms with Crippen molar-refractivity contribution < 1.29 is 22.4 Å². The second-order valence-electron chi connectivity index (χ2n) is 5.43. The molecule has 3 aromatic rings. The Balaban J connectivity index is 1.49. The van der Waals surface area contributed by atoms with Gasteiger partial charge in [0.15, 0.2) is 0 Å². The van der Waals surface area contributed by atoms with E-state index in [1.54, 1.807) is 29.4 Å². The number of rotatable bonds is 5. The Hall–Kier alpha value is -3.23. The lowest BCUT2D eigenvalue weighted by Gasteiger charge is -2.10. The second-order valence-corrected chi connectivity index (χ2v) is 5.43. The van der Waals surface area contributed by atoms with Crippen LogP contribution < -0.4 is 10.6 Å². The second kappa shape index (κ2) is 7.34. The molecule has 0 aliphatic heterocycles. The van der Waals surface area contributed by atoms with E-state index in [9.17, 15) is 18.0 Å². The number of anilines is 1. The minimum atomic E-state index is -4.46. The summed E-state index contributed by atoms with van der Waals surface area (Å²) in [5, 5.41) is 9.09. The average Bonchev–Trinajstić information content (AvgIpc) is 3.25. The van der Waals surface area contributed by atoms with Crippen LogP contribution in [-0.2, 0) is 12.7 Å². The lowest BCUT2D eigenvalue weighted by molar-refractivity contribution is -0.137. The Morgan fingerprint density at radius 2 is 2.08 bits per heavy atom. The molecule has 0 aliphatic rings. The maximum atomic E-state index is 12.7. The van der Waals surface area contributed by atoms with E-state index in [0.717, 1.165) is 17.7 Å². The molecule has 0 fully saturated rings. The summed E-state index contributed by atoms with van der Waals surface area (Å²) in [4.78, 5) is 11.8. The molecule has 9 heteroatoms. The van der Waals surface area contributed by atoms with Gasteiger partial charge < -0.3 is 15.1 Å². The minimum absolute atomic E-state index is 0.0662. The fourth-order valence-electron chi connectivity index (χ4n) is 2.29. The fourth-order valence-corrected chi connectivity index (χ4v) is 2.29. The summed E-state index contributed by atoms with van der Waals surface area (Å²) in [7, 11) is 0. The van der Waals surface area contributed by atoms with Crippen molar-refractivity contribution in [2.75, 3.05) is 11.9 Å². The third-order valence-corrected chi connectivity index (χ3v) is 3.51. The van der Waals surface area contributed by atoms with E-state index in [0.29, 0.717) is 12.3 Å². The van der Waals surface area contributed by atoms with Gasteiger partial charge in [0.2, 0.25) is 0 Å². The maximum absolute atomic E-state index is 12.7. The number of nitrogens with zero attached hydrogens (tertiary/aromatic N) is 2. The van der Waals surface area contributed by atoms with Crippen molar-refractivity contribution in [1.29, 1.82) is 0 Å². The van der Waals surface area contributed by atoms with Crippen LogP contribution in [0, 0.1) is 0 Å². The molecule has 0 spiro atoms. The smallest absolute Gasteiger partial charge is 0.416 e. The molecule has 0 radical (unpaired) electrons. The van der Waals surface area contributed by atoms with E-state index in [4.69, 9.17) is 4.42 Å². The first-order valence-electron chi connectivity index (χ1n) is 7.70. The number of nitrogens with one attached hydrogen (secondary N) is 2. The predicted molar refractivity (Wildman–Crippen MR) is 88.4 cm³/mol. The highest BCUT2D eigenvalue weighted by Crippen LogP contribution is 2.30. The zero-order chi connectivity index (χ0) is 18.6. The van der Waals surface area contributed by atoms with Gasteiger partial charge >= 0.3 is 12.2 Å². The highest BCUT2D eigenvalue weighted by molar-refractivity contribution is 5.89. The lowest BCUT2D eigenvalue weighted by Crippen LogP contribution is -2.31. The van der Waals surface area contributed by atoms with Gasteiger partial charge in [0.25, 0.3) is 0 Å². The quantitative estimate of drug-likeness (QED) is 0.719. The molecule has 2 amide bonds. The van der Waals surface area contributed by atoms with Crippen molar-refractivity contribution in [3.8, 4) is 11.3 Å². The van der Waals surface area contributed by atoms with Crippen molar-refractivity contribution in [3.05, 3.63) is 60.6 Å². The first-order valence-corrected chi connectivity index (χ1v) is 7.70. The molecular weight excluding hydrogens is 349 g/mol. The van der Waals surface area contributed by atoms with E-state index in [1.165, 1.54) is 12.1 Å². The van der Waals surface area contributed by atoms with E-state index in [-0.39, 0.29) is 12.2 Å². The summed E-state index contributed by atoms with van der Waals surface area (Å²) in [5.74, 6) is 0.687. The molecule has 0 saturated carbocycles. The summed E-state index contributed by atoms with van der Waals surface area (Å²) in [6, 6.07) is 7.42. The Bertz CT molecular complexity index is 872. The number of carbonyl (C=O) groups is 1. The number of benzene rings is 1. The zero-order valence-electron chi connectivity index (χ0n) is 13.5. The number of carbonyl (C=O) groups excluding carboxylic acids is 1. The summed E-state index contributed by atoms with van der Waals surface area (Å²) in [6.07, 6.45) is 0.513. The topological polar surface area (TPSA) is 72.1 Å². The third kappa shape index (κ3) is 4.44. The molecule has 26 heavy (non-hydrogen) atoms. The molecule has 3 rings (SSSR count). The first kappa shape index (κ1) is 17.6. The van der Waals surface area contributed by atoms with Crippen molar-refractivity contribution in [1.82, 2.24) is 15.1 Å². The van der Waals surface area contributed by atoms with Crippen LogP contribution in [0.25, 0.3) is 11.3 Å².